The predicted molar refractivity (Wildman–Crippen MR) is 105 cm³/mol. The van der Waals surface area contributed by atoms with E-state index in [1.807, 2.05) is 24.3 Å². The Bertz CT molecular complexity index is 752. The van der Waals surface area contributed by atoms with E-state index in [2.05, 4.69) is 26.8 Å². The number of benzene rings is 1. The minimum absolute atomic E-state index is 0.155. The van der Waals surface area contributed by atoms with Crippen LogP contribution in [0.5, 0.6) is 0 Å². The fraction of sp³-hybridized carbons (Fsp3) is 0.250. The average Bonchev–Trinajstić information content (AvgIpc) is 2.80. The van der Waals surface area contributed by atoms with Gasteiger partial charge in [0.15, 0.2) is 0 Å². The van der Waals surface area contributed by atoms with Crippen LogP contribution in [0.15, 0.2) is 33.6 Å². The van der Waals surface area contributed by atoms with Gasteiger partial charge in [-0.1, -0.05) is 52.0 Å². The van der Waals surface area contributed by atoms with Crippen molar-refractivity contribution in [3.8, 4) is 0 Å². The number of hydrogen-bond acceptors (Lipinski definition) is 5. The molecule has 2 rings (SSSR count). The van der Waals surface area contributed by atoms with E-state index in [1.165, 1.54) is 23.6 Å². The lowest BCUT2D eigenvalue weighted by molar-refractivity contribution is -0.128. The smallest absolute Gasteiger partial charge is 0.266 e. The Balaban J connectivity index is 1.90. The van der Waals surface area contributed by atoms with Gasteiger partial charge < -0.3 is 0 Å². The molecule has 25 heavy (non-hydrogen) atoms. The second kappa shape index (κ2) is 9.12. The van der Waals surface area contributed by atoms with Crippen molar-refractivity contribution >= 4 is 68.0 Å². The van der Waals surface area contributed by atoms with Gasteiger partial charge in [-0.25, -0.2) is 0 Å². The molecule has 0 unspecified atom stereocenters. The Kier molecular flexibility index (Phi) is 7.15. The summed E-state index contributed by atoms with van der Waals surface area (Å²) in [6, 6.07) is 7.63. The zero-order valence-corrected chi connectivity index (χ0v) is 16.6. The van der Waals surface area contributed by atoms with Crippen LogP contribution in [0.3, 0.4) is 0 Å². The maximum absolute atomic E-state index is 12.5. The molecule has 0 aromatic heterocycles. The number of thiocarbonyl (C=S) groups is 1. The van der Waals surface area contributed by atoms with Crippen LogP contribution < -0.4 is 10.9 Å². The van der Waals surface area contributed by atoms with Gasteiger partial charge in [-0.05, 0) is 30.2 Å². The van der Waals surface area contributed by atoms with Gasteiger partial charge in [0.05, 0.1) is 4.91 Å². The lowest BCUT2D eigenvalue weighted by atomic mass is 10.2. The molecule has 0 saturated carbocycles. The molecule has 6 nitrogen and oxygen atoms in total. The van der Waals surface area contributed by atoms with E-state index in [9.17, 15) is 14.4 Å². The third-order valence-corrected chi connectivity index (χ3v) is 5.05. The fourth-order valence-electron chi connectivity index (χ4n) is 2.06. The molecule has 1 saturated heterocycles. The Labute approximate surface area is 163 Å². The van der Waals surface area contributed by atoms with Crippen LogP contribution in [0, 0.1) is 0 Å². The number of rotatable bonds is 5. The van der Waals surface area contributed by atoms with Crippen LogP contribution in [0.4, 0.5) is 0 Å². The minimum Gasteiger partial charge on any atom is -0.293 e. The first-order valence-electron chi connectivity index (χ1n) is 7.43. The van der Waals surface area contributed by atoms with E-state index >= 15 is 0 Å². The normalized spacial score (nSPS) is 15.6. The molecule has 0 spiro atoms. The molecule has 0 atom stereocenters. The van der Waals surface area contributed by atoms with Gasteiger partial charge in [0, 0.05) is 24.4 Å². The van der Waals surface area contributed by atoms with Gasteiger partial charge in [0.2, 0.25) is 11.8 Å². The van der Waals surface area contributed by atoms with Gasteiger partial charge in [-0.15, -0.1) is 0 Å². The number of carbonyl (C=O) groups is 3. The third-order valence-electron chi connectivity index (χ3n) is 3.18. The molecule has 9 heteroatoms. The first kappa shape index (κ1) is 19.6. The summed E-state index contributed by atoms with van der Waals surface area (Å²) in [4.78, 5) is 36.8. The van der Waals surface area contributed by atoms with Crippen molar-refractivity contribution in [1.82, 2.24) is 15.8 Å². The van der Waals surface area contributed by atoms with E-state index in [0.717, 1.165) is 10.0 Å². The van der Waals surface area contributed by atoms with Crippen LogP contribution in [0.25, 0.3) is 6.08 Å². The van der Waals surface area contributed by atoms with Crippen molar-refractivity contribution in [2.24, 2.45) is 0 Å². The van der Waals surface area contributed by atoms with Gasteiger partial charge in [-0.3, -0.25) is 30.1 Å². The van der Waals surface area contributed by atoms with Crippen LogP contribution in [0.2, 0.25) is 0 Å². The molecular weight excluding hydrogens is 426 g/mol. The zero-order valence-electron chi connectivity index (χ0n) is 13.4. The molecule has 2 N–H and O–H groups in total. The maximum Gasteiger partial charge on any atom is 0.266 e. The highest BCUT2D eigenvalue weighted by atomic mass is 79.9. The SMILES string of the molecule is CC(=O)NNC(=O)CCCN1C(=O)/C(=C\c2cccc(Br)c2)SC1=S. The Hall–Kier alpha value is -1.71. The molecule has 1 fully saturated rings. The van der Waals surface area contributed by atoms with Crippen LogP contribution in [-0.2, 0) is 14.4 Å². The Morgan fingerprint density at radius 2 is 2.12 bits per heavy atom. The van der Waals surface area contributed by atoms with E-state index in [0.29, 0.717) is 22.2 Å². The van der Waals surface area contributed by atoms with Crippen LogP contribution in [0.1, 0.15) is 25.3 Å². The quantitative estimate of drug-likeness (QED) is 0.417. The molecule has 0 radical (unpaired) electrons. The molecule has 1 aromatic carbocycles. The second-order valence-corrected chi connectivity index (χ2v) is 7.81. The summed E-state index contributed by atoms with van der Waals surface area (Å²) in [6.07, 6.45) is 2.43. The summed E-state index contributed by atoms with van der Waals surface area (Å²) in [7, 11) is 0. The molecule has 1 aliphatic heterocycles. The predicted octanol–water partition coefficient (Wildman–Crippen LogP) is 2.60. The van der Waals surface area contributed by atoms with Crippen LogP contribution in [-0.4, -0.2) is 33.5 Å². The summed E-state index contributed by atoms with van der Waals surface area (Å²) < 4.78 is 1.41. The monoisotopic (exact) mass is 441 g/mol. The summed E-state index contributed by atoms with van der Waals surface area (Å²) in [6.45, 7) is 1.66. The van der Waals surface area contributed by atoms with Gasteiger partial charge in [0.1, 0.15) is 4.32 Å². The molecular formula is C16H16BrN3O3S2. The van der Waals surface area contributed by atoms with Crippen molar-refractivity contribution in [2.75, 3.05) is 6.54 Å². The van der Waals surface area contributed by atoms with E-state index in [1.54, 1.807) is 6.08 Å². The molecule has 0 bridgehead atoms. The molecule has 1 aliphatic rings. The first-order valence-corrected chi connectivity index (χ1v) is 9.45. The maximum atomic E-state index is 12.5. The lowest BCUT2D eigenvalue weighted by Gasteiger charge is -2.14. The minimum atomic E-state index is -0.344. The highest BCUT2D eigenvalue weighted by Crippen LogP contribution is 2.33. The number of hydrazine groups is 1. The number of nitrogens with zero attached hydrogens (tertiary/aromatic N) is 1. The van der Waals surface area contributed by atoms with Gasteiger partial charge in [0.25, 0.3) is 5.91 Å². The van der Waals surface area contributed by atoms with E-state index < -0.39 is 0 Å². The summed E-state index contributed by atoms with van der Waals surface area (Å²) in [5, 5.41) is 0. The molecule has 0 aliphatic carbocycles. The van der Waals surface area contributed by atoms with Crippen molar-refractivity contribution in [3.05, 3.63) is 39.2 Å². The number of amides is 3. The van der Waals surface area contributed by atoms with Gasteiger partial charge >= 0.3 is 0 Å². The van der Waals surface area contributed by atoms with Crippen molar-refractivity contribution < 1.29 is 14.4 Å². The standard InChI is InChI=1S/C16H16BrN3O3S2/c1-10(21)18-19-14(22)6-3-7-20-15(23)13(25-16(20)24)9-11-4-2-5-12(17)8-11/h2,4-5,8-9H,3,6-7H2,1H3,(H,18,21)(H,19,22)/b13-9+. The molecule has 3 amide bonds. The van der Waals surface area contributed by atoms with E-state index in [4.69, 9.17) is 12.2 Å². The lowest BCUT2D eigenvalue weighted by Crippen LogP contribution is -2.40. The zero-order chi connectivity index (χ0) is 18.4. The Morgan fingerprint density at radius 3 is 2.80 bits per heavy atom. The fourth-order valence-corrected chi connectivity index (χ4v) is 3.78. The van der Waals surface area contributed by atoms with Gasteiger partial charge in [-0.2, -0.15) is 0 Å². The first-order chi connectivity index (χ1) is 11.9. The topological polar surface area (TPSA) is 78.5 Å². The number of nitrogens with one attached hydrogen (secondary N) is 2. The average molecular weight is 442 g/mol. The summed E-state index contributed by atoms with van der Waals surface area (Å²) >= 11 is 9.91. The molecule has 132 valence electrons. The summed E-state index contributed by atoms with van der Waals surface area (Å²) in [5.74, 6) is -0.814. The van der Waals surface area contributed by atoms with Crippen LogP contribution >= 0.6 is 39.9 Å². The number of carbonyl (C=O) groups excluding carboxylic acids is 3. The highest BCUT2D eigenvalue weighted by Gasteiger charge is 2.31. The third kappa shape index (κ3) is 5.94. The molecule has 1 heterocycles. The largest absolute Gasteiger partial charge is 0.293 e. The Morgan fingerprint density at radius 1 is 1.36 bits per heavy atom. The second-order valence-electron chi connectivity index (χ2n) is 5.22. The molecule has 1 aromatic rings. The van der Waals surface area contributed by atoms with Crippen molar-refractivity contribution in [2.45, 2.75) is 19.8 Å². The highest BCUT2D eigenvalue weighted by molar-refractivity contribution is 9.10. The van der Waals surface area contributed by atoms with Crippen molar-refractivity contribution in [3.63, 3.8) is 0 Å². The van der Waals surface area contributed by atoms with Crippen molar-refractivity contribution in [1.29, 1.82) is 0 Å². The number of hydrogen-bond donors (Lipinski definition) is 2. The van der Waals surface area contributed by atoms with E-state index in [-0.39, 0.29) is 24.1 Å². The number of halogens is 1. The summed E-state index contributed by atoms with van der Waals surface area (Å²) in [5.41, 5.74) is 5.41. The number of thioether (sulfide) groups is 1.